The molecule has 4 rings (SSSR count). The third-order valence-corrected chi connectivity index (χ3v) is 5.31. The first-order chi connectivity index (χ1) is 12.2. The molecular formula is C18H26N6O. The minimum absolute atomic E-state index is 0.344. The van der Waals surface area contributed by atoms with Gasteiger partial charge >= 0.3 is 0 Å². The number of nitrogens with one attached hydrogen (secondary N) is 1. The summed E-state index contributed by atoms with van der Waals surface area (Å²) in [5.41, 5.74) is 1.08. The van der Waals surface area contributed by atoms with E-state index >= 15 is 0 Å². The Balaban J connectivity index is 1.60. The molecule has 2 aliphatic rings. The molecule has 2 atom stereocenters. The zero-order chi connectivity index (χ0) is 17.4. The number of methoxy groups -OCH3 is 1. The van der Waals surface area contributed by atoms with Crippen molar-refractivity contribution in [1.82, 2.24) is 25.1 Å². The van der Waals surface area contributed by atoms with Gasteiger partial charge in [-0.3, -0.25) is 10.1 Å². The molecule has 1 saturated carbocycles. The molecule has 25 heavy (non-hydrogen) atoms. The number of rotatable bonds is 6. The first-order valence-corrected chi connectivity index (χ1v) is 9.13. The van der Waals surface area contributed by atoms with Gasteiger partial charge in [0.15, 0.2) is 17.5 Å². The number of aromatic amines is 1. The quantitative estimate of drug-likeness (QED) is 0.869. The number of aromatic nitrogens is 5. The standard InChI is InChI=1S/C18H26N6O/c1-11(2)16-18(20-7-6-19-16)24-8-13(12-4-5-12)14(9-24)17-21-15(10-25-3)22-23-17/h6-7,11-14H,4-5,8-10H2,1-3H3,(H,21,22,23)/t13-,14+/m1/s1. The number of ether oxygens (including phenoxy) is 1. The van der Waals surface area contributed by atoms with Gasteiger partial charge in [-0.1, -0.05) is 13.8 Å². The van der Waals surface area contributed by atoms with Gasteiger partial charge in [-0.05, 0) is 30.6 Å². The maximum atomic E-state index is 5.16. The van der Waals surface area contributed by atoms with E-state index in [1.807, 2.05) is 0 Å². The molecular weight excluding hydrogens is 316 g/mol. The van der Waals surface area contributed by atoms with Crippen LogP contribution in [0.5, 0.6) is 0 Å². The minimum atomic E-state index is 0.344. The fraction of sp³-hybridized carbons (Fsp3) is 0.667. The summed E-state index contributed by atoms with van der Waals surface area (Å²) in [6.45, 7) is 6.74. The minimum Gasteiger partial charge on any atom is -0.377 e. The van der Waals surface area contributed by atoms with Gasteiger partial charge < -0.3 is 9.64 Å². The molecule has 1 aliphatic heterocycles. The fourth-order valence-electron chi connectivity index (χ4n) is 3.95. The molecule has 0 bridgehead atoms. The normalized spacial score (nSPS) is 23.6. The lowest BCUT2D eigenvalue weighted by atomic mass is 9.91. The summed E-state index contributed by atoms with van der Waals surface area (Å²) >= 11 is 0. The summed E-state index contributed by atoms with van der Waals surface area (Å²) in [5, 5.41) is 7.50. The summed E-state index contributed by atoms with van der Waals surface area (Å²) in [6.07, 6.45) is 6.23. The monoisotopic (exact) mass is 342 g/mol. The Bertz CT molecular complexity index is 726. The first-order valence-electron chi connectivity index (χ1n) is 9.13. The molecule has 134 valence electrons. The second-order valence-corrected chi connectivity index (χ2v) is 7.51. The van der Waals surface area contributed by atoms with E-state index in [0.29, 0.717) is 24.4 Å². The topological polar surface area (TPSA) is 79.8 Å². The van der Waals surface area contributed by atoms with Gasteiger partial charge in [-0.15, -0.1) is 0 Å². The predicted molar refractivity (Wildman–Crippen MR) is 94.4 cm³/mol. The Labute approximate surface area is 148 Å². The molecule has 0 spiro atoms. The van der Waals surface area contributed by atoms with E-state index in [4.69, 9.17) is 4.74 Å². The summed E-state index contributed by atoms with van der Waals surface area (Å²) in [5.74, 6) is 4.83. The van der Waals surface area contributed by atoms with Crippen molar-refractivity contribution >= 4 is 5.82 Å². The van der Waals surface area contributed by atoms with Crippen LogP contribution in [0.15, 0.2) is 12.4 Å². The lowest BCUT2D eigenvalue weighted by Gasteiger charge is -2.21. The first kappa shape index (κ1) is 16.4. The van der Waals surface area contributed by atoms with Crippen LogP contribution in [0.2, 0.25) is 0 Å². The molecule has 2 fully saturated rings. The molecule has 1 N–H and O–H groups in total. The Morgan fingerprint density at radius 3 is 2.76 bits per heavy atom. The number of hydrogen-bond donors (Lipinski definition) is 1. The van der Waals surface area contributed by atoms with Gasteiger partial charge in [0.25, 0.3) is 0 Å². The molecule has 3 heterocycles. The summed E-state index contributed by atoms with van der Waals surface area (Å²) in [7, 11) is 1.67. The van der Waals surface area contributed by atoms with E-state index in [1.54, 1.807) is 19.5 Å². The molecule has 2 aromatic heterocycles. The number of hydrogen-bond acceptors (Lipinski definition) is 6. The van der Waals surface area contributed by atoms with E-state index in [-0.39, 0.29) is 0 Å². The second kappa shape index (κ2) is 6.71. The molecule has 1 aliphatic carbocycles. The van der Waals surface area contributed by atoms with Gasteiger partial charge in [-0.2, -0.15) is 5.10 Å². The molecule has 1 saturated heterocycles. The highest BCUT2D eigenvalue weighted by molar-refractivity contribution is 5.47. The molecule has 7 nitrogen and oxygen atoms in total. The van der Waals surface area contributed by atoms with Crippen molar-refractivity contribution in [2.24, 2.45) is 11.8 Å². The Morgan fingerprint density at radius 1 is 1.24 bits per heavy atom. The Kier molecular flexibility index (Phi) is 4.41. The maximum Gasteiger partial charge on any atom is 0.156 e. The highest BCUT2D eigenvalue weighted by Gasteiger charge is 2.45. The van der Waals surface area contributed by atoms with Crippen molar-refractivity contribution in [2.75, 3.05) is 25.1 Å². The lowest BCUT2D eigenvalue weighted by molar-refractivity contribution is 0.178. The molecule has 0 amide bonds. The third-order valence-electron chi connectivity index (χ3n) is 5.31. The van der Waals surface area contributed by atoms with Gasteiger partial charge in [0.05, 0.1) is 5.69 Å². The van der Waals surface area contributed by atoms with Crippen LogP contribution in [0.25, 0.3) is 0 Å². The van der Waals surface area contributed by atoms with E-state index in [1.165, 1.54) is 12.8 Å². The van der Waals surface area contributed by atoms with Gasteiger partial charge in [0.1, 0.15) is 6.61 Å². The van der Waals surface area contributed by atoms with Crippen molar-refractivity contribution in [2.45, 2.75) is 45.1 Å². The SMILES string of the molecule is COCc1nc([C@H]2CN(c3nccnc3C(C)C)C[C@@H]2C2CC2)n[nH]1. The van der Waals surface area contributed by atoms with Gasteiger partial charge in [0, 0.05) is 38.5 Å². The fourth-order valence-corrected chi connectivity index (χ4v) is 3.95. The third kappa shape index (κ3) is 3.25. The lowest BCUT2D eigenvalue weighted by Crippen LogP contribution is -2.23. The van der Waals surface area contributed by atoms with Crippen LogP contribution in [0, 0.1) is 11.8 Å². The van der Waals surface area contributed by atoms with Crippen molar-refractivity contribution in [3.63, 3.8) is 0 Å². The molecule has 0 radical (unpaired) electrons. The molecule has 2 aromatic rings. The zero-order valence-electron chi connectivity index (χ0n) is 15.1. The van der Waals surface area contributed by atoms with Crippen molar-refractivity contribution in [1.29, 1.82) is 0 Å². The van der Waals surface area contributed by atoms with Gasteiger partial charge in [-0.25, -0.2) is 9.97 Å². The summed E-state index contributed by atoms with van der Waals surface area (Å²) < 4.78 is 5.16. The highest BCUT2D eigenvalue weighted by Crippen LogP contribution is 2.48. The summed E-state index contributed by atoms with van der Waals surface area (Å²) in [6, 6.07) is 0. The highest BCUT2D eigenvalue weighted by atomic mass is 16.5. The van der Waals surface area contributed by atoms with E-state index in [9.17, 15) is 0 Å². The summed E-state index contributed by atoms with van der Waals surface area (Å²) in [4.78, 5) is 16.3. The van der Waals surface area contributed by atoms with Gasteiger partial charge in [0.2, 0.25) is 0 Å². The Morgan fingerprint density at radius 2 is 2.04 bits per heavy atom. The number of H-pyrrole nitrogens is 1. The average Bonchev–Trinajstić information content (AvgIpc) is 3.19. The Hall–Kier alpha value is -2.02. The number of nitrogens with zero attached hydrogens (tertiary/aromatic N) is 5. The van der Waals surface area contributed by atoms with E-state index in [2.05, 4.69) is 43.9 Å². The van der Waals surface area contributed by atoms with Crippen LogP contribution < -0.4 is 4.90 Å². The van der Waals surface area contributed by atoms with E-state index in [0.717, 1.165) is 42.2 Å². The number of anilines is 1. The molecule has 0 unspecified atom stereocenters. The molecule has 0 aromatic carbocycles. The molecule has 7 heteroatoms. The van der Waals surface area contributed by atoms with Crippen LogP contribution >= 0.6 is 0 Å². The predicted octanol–water partition coefficient (Wildman–Crippen LogP) is 2.49. The van der Waals surface area contributed by atoms with Crippen LogP contribution in [0.4, 0.5) is 5.82 Å². The van der Waals surface area contributed by atoms with Crippen LogP contribution in [0.3, 0.4) is 0 Å². The maximum absolute atomic E-state index is 5.16. The zero-order valence-corrected chi connectivity index (χ0v) is 15.1. The van der Waals surface area contributed by atoms with Crippen molar-refractivity contribution < 1.29 is 4.74 Å². The van der Waals surface area contributed by atoms with E-state index < -0.39 is 0 Å². The average molecular weight is 342 g/mol. The van der Waals surface area contributed by atoms with Crippen molar-refractivity contribution in [3.8, 4) is 0 Å². The van der Waals surface area contributed by atoms with Crippen LogP contribution in [-0.2, 0) is 11.3 Å². The smallest absolute Gasteiger partial charge is 0.156 e. The largest absolute Gasteiger partial charge is 0.377 e. The van der Waals surface area contributed by atoms with Crippen LogP contribution in [0.1, 0.15) is 55.9 Å². The van der Waals surface area contributed by atoms with Crippen molar-refractivity contribution in [3.05, 3.63) is 29.7 Å². The van der Waals surface area contributed by atoms with Crippen LogP contribution in [-0.4, -0.2) is 45.3 Å². The second-order valence-electron chi connectivity index (χ2n) is 7.51.